The van der Waals surface area contributed by atoms with Gasteiger partial charge in [-0.1, -0.05) is 60.7 Å². The highest BCUT2D eigenvalue weighted by Crippen LogP contribution is 2.18. The van der Waals surface area contributed by atoms with Crippen molar-refractivity contribution in [2.24, 2.45) is 0 Å². The third-order valence-electron chi connectivity index (χ3n) is 4.41. The molecule has 1 aromatic heterocycles. The SMILES string of the molecule is Cc1ccsc1CNC(=O)CNC(Cc1ccccc1)c1ccccc1. The van der Waals surface area contributed by atoms with Crippen molar-refractivity contribution >= 4 is 17.2 Å². The Hall–Kier alpha value is -2.43. The normalized spacial score (nSPS) is 11.9. The largest absolute Gasteiger partial charge is 0.350 e. The fraction of sp³-hybridized carbons (Fsp3) is 0.227. The molecular weight excluding hydrogens is 340 g/mol. The predicted octanol–water partition coefficient (Wildman–Crippen LogP) is 4.25. The van der Waals surface area contributed by atoms with E-state index >= 15 is 0 Å². The summed E-state index contributed by atoms with van der Waals surface area (Å²) in [5.74, 6) is 0.0202. The lowest BCUT2D eigenvalue weighted by Crippen LogP contribution is -2.36. The number of aryl methyl sites for hydroxylation is 1. The first-order valence-corrected chi connectivity index (χ1v) is 9.72. The van der Waals surface area contributed by atoms with Gasteiger partial charge in [0, 0.05) is 10.9 Å². The molecule has 1 atom stereocenters. The average molecular weight is 365 g/mol. The highest BCUT2D eigenvalue weighted by molar-refractivity contribution is 7.10. The second-order valence-corrected chi connectivity index (χ2v) is 7.34. The Morgan fingerprint density at radius 1 is 1.00 bits per heavy atom. The zero-order valence-corrected chi connectivity index (χ0v) is 15.8. The molecule has 1 heterocycles. The summed E-state index contributed by atoms with van der Waals surface area (Å²) in [6.45, 7) is 2.97. The van der Waals surface area contributed by atoms with E-state index in [-0.39, 0.29) is 11.9 Å². The minimum absolute atomic E-state index is 0.0202. The molecule has 0 aliphatic rings. The highest BCUT2D eigenvalue weighted by atomic mass is 32.1. The standard InChI is InChI=1S/C22H24N2OS/c1-17-12-13-26-21(17)15-24-22(25)16-23-20(19-10-6-3-7-11-19)14-18-8-4-2-5-9-18/h2-13,20,23H,14-16H2,1H3,(H,24,25). The quantitative estimate of drug-likeness (QED) is 0.627. The van der Waals surface area contributed by atoms with Crippen LogP contribution in [0.2, 0.25) is 0 Å². The van der Waals surface area contributed by atoms with Crippen LogP contribution in [0, 0.1) is 6.92 Å². The molecule has 0 aliphatic carbocycles. The Balaban J connectivity index is 1.58. The molecule has 134 valence electrons. The van der Waals surface area contributed by atoms with Crippen molar-refractivity contribution in [2.45, 2.75) is 25.9 Å². The van der Waals surface area contributed by atoms with E-state index in [2.05, 4.69) is 53.3 Å². The van der Waals surface area contributed by atoms with Gasteiger partial charge < -0.3 is 10.6 Å². The van der Waals surface area contributed by atoms with Gasteiger partial charge in [-0.05, 0) is 41.5 Å². The van der Waals surface area contributed by atoms with Crippen LogP contribution in [0.4, 0.5) is 0 Å². The average Bonchev–Trinajstić information content (AvgIpc) is 3.10. The van der Waals surface area contributed by atoms with Gasteiger partial charge in [0.25, 0.3) is 0 Å². The number of nitrogens with one attached hydrogen (secondary N) is 2. The van der Waals surface area contributed by atoms with Crippen LogP contribution >= 0.6 is 11.3 Å². The fourth-order valence-corrected chi connectivity index (χ4v) is 3.73. The van der Waals surface area contributed by atoms with Crippen LogP contribution in [-0.4, -0.2) is 12.5 Å². The lowest BCUT2D eigenvalue weighted by molar-refractivity contribution is -0.120. The highest BCUT2D eigenvalue weighted by Gasteiger charge is 2.13. The maximum Gasteiger partial charge on any atom is 0.234 e. The van der Waals surface area contributed by atoms with Crippen LogP contribution < -0.4 is 10.6 Å². The Bertz CT molecular complexity index is 814. The molecule has 1 unspecified atom stereocenters. The number of amides is 1. The molecule has 0 spiro atoms. The van der Waals surface area contributed by atoms with E-state index in [1.165, 1.54) is 21.6 Å². The Morgan fingerprint density at radius 3 is 2.35 bits per heavy atom. The summed E-state index contributed by atoms with van der Waals surface area (Å²) in [5.41, 5.74) is 3.68. The van der Waals surface area contributed by atoms with Crippen molar-refractivity contribution in [3.63, 3.8) is 0 Å². The van der Waals surface area contributed by atoms with Crippen LogP contribution in [0.3, 0.4) is 0 Å². The minimum Gasteiger partial charge on any atom is -0.350 e. The lowest BCUT2D eigenvalue weighted by Gasteiger charge is -2.19. The second kappa shape index (κ2) is 9.32. The van der Waals surface area contributed by atoms with Crippen molar-refractivity contribution in [2.75, 3.05) is 6.54 Å². The molecule has 0 aliphatic heterocycles. The summed E-state index contributed by atoms with van der Waals surface area (Å²) in [6, 6.07) is 22.8. The summed E-state index contributed by atoms with van der Waals surface area (Å²) in [4.78, 5) is 13.5. The number of hydrogen-bond donors (Lipinski definition) is 2. The summed E-state index contributed by atoms with van der Waals surface area (Å²) < 4.78 is 0. The lowest BCUT2D eigenvalue weighted by atomic mass is 9.99. The molecule has 0 saturated heterocycles. The molecule has 0 radical (unpaired) electrons. The smallest absolute Gasteiger partial charge is 0.234 e. The molecule has 0 fully saturated rings. The van der Waals surface area contributed by atoms with E-state index in [1.54, 1.807) is 11.3 Å². The van der Waals surface area contributed by atoms with Crippen LogP contribution in [0.5, 0.6) is 0 Å². The summed E-state index contributed by atoms with van der Waals surface area (Å²) >= 11 is 1.68. The van der Waals surface area contributed by atoms with Gasteiger partial charge >= 0.3 is 0 Å². The van der Waals surface area contributed by atoms with Gasteiger partial charge in [-0.25, -0.2) is 0 Å². The van der Waals surface area contributed by atoms with Gasteiger partial charge in [0.2, 0.25) is 5.91 Å². The molecule has 2 aromatic carbocycles. The van der Waals surface area contributed by atoms with Crippen molar-refractivity contribution in [3.8, 4) is 0 Å². The van der Waals surface area contributed by atoms with E-state index in [0.29, 0.717) is 13.1 Å². The van der Waals surface area contributed by atoms with Gasteiger partial charge in [0.1, 0.15) is 0 Å². The summed E-state index contributed by atoms with van der Waals surface area (Å²) in [7, 11) is 0. The van der Waals surface area contributed by atoms with Crippen LogP contribution in [-0.2, 0) is 17.8 Å². The predicted molar refractivity (Wildman–Crippen MR) is 108 cm³/mol. The number of carbonyl (C=O) groups excluding carboxylic acids is 1. The van der Waals surface area contributed by atoms with E-state index in [4.69, 9.17) is 0 Å². The van der Waals surface area contributed by atoms with Crippen molar-refractivity contribution in [1.82, 2.24) is 10.6 Å². The maximum atomic E-state index is 12.3. The van der Waals surface area contributed by atoms with E-state index in [9.17, 15) is 4.79 Å². The fourth-order valence-electron chi connectivity index (χ4n) is 2.89. The number of thiophene rings is 1. The zero-order valence-electron chi connectivity index (χ0n) is 14.9. The Morgan fingerprint density at radius 2 is 1.69 bits per heavy atom. The molecule has 4 heteroatoms. The van der Waals surface area contributed by atoms with Gasteiger partial charge in [0.15, 0.2) is 0 Å². The number of rotatable bonds is 8. The first-order chi connectivity index (χ1) is 12.7. The molecule has 3 rings (SSSR count). The molecule has 26 heavy (non-hydrogen) atoms. The van der Waals surface area contributed by atoms with Gasteiger partial charge in [-0.2, -0.15) is 0 Å². The first-order valence-electron chi connectivity index (χ1n) is 8.84. The first kappa shape index (κ1) is 18.4. The topological polar surface area (TPSA) is 41.1 Å². The van der Waals surface area contributed by atoms with Gasteiger partial charge in [-0.3, -0.25) is 4.79 Å². The monoisotopic (exact) mass is 364 g/mol. The maximum absolute atomic E-state index is 12.3. The summed E-state index contributed by atoms with van der Waals surface area (Å²) in [6.07, 6.45) is 0.849. The number of hydrogen-bond acceptors (Lipinski definition) is 3. The Kier molecular flexibility index (Phi) is 6.58. The number of carbonyl (C=O) groups is 1. The summed E-state index contributed by atoms with van der Waals surface area (Å²) in [5, 5.41) is 8.48. The van der Waals surface area contributed by atoms with Crippen molar-refractivity contribution in [3.05, 3.63) is 93.7 Å². The van der Waals surface area contributed by atoms with Gasteiger partial charge in [0.05, 0.1) is 13.1 Å². The van der Waals surface area contributed by atoms with Crippen molar-refractivity contribution < 1.29 is 4.79 Å². The molecule has 0 saturated carbocycles. The van der Waals surface area contributed by atoms with E-state index in [0.717, 1.165) is 6.42 Å². The van der Waals surface area contributed by atoms with Gasteiger partial charge in [-0.15, -0.1) is 11.3 Å². The van der Waals surface area contributed by atoms with Crippen molar-refractivity contribution in [1.29, 1.82) is 0 Å². The molecule has 0 bridgehead atoms. The second-order valence-electron chi connectivity index (χ2n) is 6.34. The molecule has 2 N–H and O–H groups in total. The van der Waals surface area contributed by atoms with Crippen LogP contribution in [0.25, 0.3) is 0 Å². The zero-order chi connectivity index (χ0) is 18.2. The third kappa shape index (κ3) is 5.28. The Labute approximate surface area is 159 Å². The molecular formula is C22H24N2OS. The van der Waals surface area contributed by atoms with E-state index < -0.39 is 0 Å². The third-order valence-corrected chi connectivity index (χ3v) is 5.43. The molecule has 3 aromatic rings. The van der Waals surface area contributed by atoms with Crippen LogP contribution in [0.15, 0.2) is 72.1 Å². The number of benzene rings is 2. The van der Waals surface area contributed by atoms with Crippen LogP contribution in [0.1, 0.15) is 27.6 Å². The molecule has 3 nitrogen and oxygen atoms in total. The minimum atomic E-state index is 0.0202. The molecule has 1 amide bonds. The van der Waals surface area contributed by atoms with E-state index in [1.807, 2.05) is 36.4 Å².